The topological polar surface area (TPSA) is 143 Å². The lowest BCUT2D eigenvalue weighted by atomic mass is 10.0. The summed E-state index contributed by atoms with van der Waals surface area (Å²) in [4.78, 5) is 47.0. The van der Waals surface area contributed by atoms with Crippen LogP contribution in [-0.4, -0.2) is 93.7 Å². The van der Waals surface area contributed by atoms with Crippen LogP contribution in [0.15, 0.2) is 41.3 Å². The van der Waals surface area contributed by atoms with Crippen LogP contribution in [0.5, 0.6) is 0 Å². The summed E-state index contributed by atoms with van der Waals surface area (Å²) >= 11 is 0. The lowest BCUT2D eigenvalue weighted by Gasteiger charge is -2.37. The number of likely N-dealkylation sites (tertiary alicyclic amines) is 1. The van der Waals surface area contributed by atoms with Crippen LogP contribution in [-0.2, 0) is 11.3 Å². The maximum absolute atomic E-state index is 13.0. The number of carbonyl (C=O) groups excluding carboxylic acids is 2. The summed E-state index contributed by atoms with van der Waals surface area (Å²) in [5, 5.41) is 2.64. The molecule has 3 atom stereocenters. The van der Waals surface area contributed by atoms with E-state index in [9.17, 15) is 18.8 Å². The van der Waals surface area contributed by atoms with E-state index in [-0.39, 0.29) is 32.0 Å². The SMILES string of the molecule is C[C@](N)(CF)C(=O)N1CCN(C(=O)Nc2ccn(-c3ccc(CN4CC5C(N)C5C4)cc3)c(=O)n2)CC1. The molecule has 5 N–H and O–H groups in total. The fourth-order valence-corrected chi connectivity index (χ4v) is 5.20. The van der Waals surface area contributed by atoms with E-state index >= 15 is 0 Å². The van der Waals surface area contributed by atoms with Crippen LogP contribution in [0.3, 0.4) is 0 Å². The number of hydrogen-bond donors (Lipinski definition) is 3. The van der Waals surface area contributed by atoms with Gasteiger partial charge in [-0.25, -0.2) is 14.0 Å². The van der Waals surface area contributed by atoms with Crippen molar-refractivity contribution in [3.63, 3.8) is 0 Å². The highest BCUT2D eigenvalue weighted by Crippen LogP contribution is 2.44. The fraction of sp³-hybridized carbons (Fsp3) is 0.520. The van der Waals surface area contributed by atoms with Crippen molar-refractivity contribution >= 4 is 17.8 Å². The molecule has 2 saturated heterocycles. The average molecular weight is 513 g/mol. The molecule has 0 spiro atoms. The van der Waals surface area contributed by atoms with Crippen LogP contribution in [0.25, 0.3) is 5.69 Å². The van der Waals surface area contributed by atoms with Gasteiger partial charge in [-0.2, -0.15) is 4.98 Å². The number of anilines is 1. The molecule has 2 aliphatic heterocycles. The van der Waals surface area contributed by atoms with Crippen molar-refractivity contribution < 1.29 is 14.0 Å². The number of piperidine rings is 1. The first-order valence-corrected chi connectivity index (χ1v) is 12.5. The second kappa shape index (κ2) is 9.84. The van der Waals surface area contributed by atoms with Crippen molar-refractivity contribution in [2.75, 3.05) is 51.3 Å². The number of nitrogens with zero attached hydrogens (tertiary/aromatic N) is 5. The van der Waals surface area contributed by atoms with E-state index in [2.05, 4.69) is 15.2 Å². The van der Waals surface area contributed by atoms with Crippen LogP contribution in [0.1, 0.15) is 12.5 Å². The molecule has 2 unspecified atom stereocenters. The quantitative estimate of drug-likeness (QED) is 0.494. The first-order chi connectivity index (χ1) is 17.7. The van der Waals surface area contributed by atoms with Gasteiger partial charge >= 0.3 is 11.7 Å². The van der Waals surface area contributed by atoms with Gasteiger partial charge in [-0.05, 0) is 42.5 Å². The maximum Gasteiger partial charge on any atom is 0.354 e. The zero-order chi connectivity index (χ0) is 26.3. The minimum Gasteiger partial charge on any atom is -0.337 e. The summed E-state index contributed by atoms with van der Waals surface area (Å²) in [6, 6.07) is 9.29. The van der Waals surface area contributed by atoms with Gasteiger partial charge in [0.05, 0.1) is 5.69 Å². The van der Waals surface area contributed by atoms with E-state index in [4.69, 9.17) is 11.5 Å². The summed E-state index contributed by atoms with van der Waals surface area (Å²) in [7, 11) is 0. The molecule has 1 aliphatic carbocycles. The molecule has 1 aromatic heterocycles. The van der Waals surface area contributed by atoms with Crippen LogP contribution in [0.4, 0.5) is 15.0 Å². The van der Waals surface area contributed by atoms with Gasteiger partial charge in [0.2, 0.25) is 5.91 Å². The number of nitrogens with two attached hydrogens (primary N) is 2. The van der Waals surface area contributed by atoms with Gasteiger partial charge in [0.15, 0.2) is 0 Å². The molecule has 3 heterocycles. The molecule has 5 rings (SSSR count). The normalized spacial score (nSPS) is 24.9. The Kier molecular flexibility index (Phi) is 6.73. The monoisotopic (exact) mass is 512 g/mol. The molecule has 198 valence electrons. The second-order valence-electron chi connectivity index (χ2n) is 10.5. The van der Waals surface area contributed by atoms with Crippen molar-refractivity contribution in [2.24, 2.45) is 23.3 Å². The molecule has 1 saturated carbocycles. The third kappa shape index (κ3) is 5.22. The predicted octanol–water partition coefficient (Wildman–Crippen LogP) is -0.0156. The van der Waals surface area contributed by atoms with E-state index in [1.807, 2.05) is 24.3 Å². The second-order valence-corrected chi connectivity index (χ2v) is 10.5. The van der Waals surface area contributed by atoms with E-state index in [0.717, 1.165) is 19.6 Å². The zero-order valence-corrected chi connectivity index (χ0v) is 20.8. The Morgan fingerprint density at radius 2 is 1.70 bits per heavy atom. The van der Waals surface area contributed by atoms with Crippen molar-refractivity contribution in [2.45, 2.75) is 25.0 Å². The van der Waals surface area contributed by atoms with E-state index < -0.39 is 29.8 Å². The van der Waals surface area contributed by atoms with Gasteiger partial charge < -0.3 is 21.3 Å². The van der Waals surface area contributed by atoms with Gasteiger partial charge in [0.1, 0.15) is 18.0 Å². The van der Waals surface area contributed by atoms with Crippen molar-refractivity contribution in [1.82, 2.24) is 24.3 Å². The highest BCUT2D eigenvalue weighted by molar-refractivity contribution is 5.89. The Labute approximate surface area is 214 Å². The first kappa shape index (κ1) is 25.3. The van der Waals surface area contributed by atoms with E-state index in [1.54, 1.807) is 12.3 Å². The molecule has 3 fully saturated rings. The number of carbonyl (C=O) groups is 2. The highest BCUT2D eigenvalue weighted by atomic mass is 19.1. The third-order valence-electron chi connectivity index (χ3n) is 7.62. The van der Waals surface area contributed by atoms with Crippen molar-refractivity contribution in [3.8, 4) is 5.69 Å². The van der Waals surface area contributed by atoms with Gasteiger partial charge in [-0.15, -0.1) is 0 Å². The van der Waals surface area contributed by atoms with Gasteiger partial charge in [0.25, 0.3) is 0 Å². The van der Waals surface area contributed by atoms with Gasteiger partial charge in [0, 0.05) is 58.1 Å². The molecular weight excluding hydrogens is 479 g/mol. The Morgan fingerprint density at radius 1 is 1.08 bits per heavy atom. The molecular formula is C25H33FN8O3. The van der Waals surface area contributed by atoms with Crippen LogP contribution in [0.2, 0.25) is 0 Å². The number of urea groups is 1. The summed E-state index contributed by atoms with van der Waals surface area (Å²) in [6.45, 7) is 4.36. The number of halogens is 1. The number of alkyl halides is 1. The number of piperazine rings is 1. The number of benzene rings is 1. The largest absolute Gasteiger partial charge is 0.354 e. The molecule has 2 aromatic rings. The molecule has 12 heteroatoms. The first-order valence-electron chi connectivity index (χ1n) is 12.5. The Hall–Kier alpha value is -3.35. The summed E-state index contributed by atoms with van der Waals surface area (Å²) < 4.78 is 14.4. The number of fused-ring (bicyclic) bond motifs is 1. The maximum atomic E-state index is 13.0. The Morgan fingerprint density at radius 3 is 2.30 bits per heavy atom. The van der Waals surface area contributed by atoms with Crippen LogP contribution < -0.4 is 22.5 Å². The molecule has 11 nitrogen and oxygen atoms in total. The molecule has 37 heavy (non-hydrogen) atoms. The minimum atomic E-state index is -1.57. The molecule has 3 aliphatic rings. The average Bonchev–Trinajstić information content (AvgIpc) is 3.28. The molecule has 0 radical (unpaired) electrons. The van der Waals surface area contributed by atoms with Crippen LogP contribution in [0, 0.1) is 11.8 Å². The Balaban J connectivity index is 1.14. The van der Waals surface area contributed by atoms with E-state index in [0.29, 0.717) is 23.6 Å². The fourth-order valence-electron chi connectivity index (χ4n) is 5.20. The minimum absolute atomic E-state index is 0.138. The number of amides is 3. The number of hydrogen-bond acceptors (Lipinski definition) is 7. The molecule has 1 aromatic carbocycles. The highest BCUT2D eigenvalue weighted by Gasteiger charge is 2.53. The lowest BCUT2D eigenvalue weighted by Crippen LogP contribution is -2.60. The third-order valence-corrected chi connectivity index (χ3v) is 7.62. The van der Waals surface area contributed by atoms with Crippen molar-refractivity contribution in [1.29, 1.82) is 0 Å². The molecule has 3 amide bonds. The number of nitrogens with one attached hydrogen (secondary N) is 1. The molecule has 0 bridgehead atoms. The van der Waals surface area contributed by atoms with E-state index in [1.165, 1.54) is 26.9 Å². The van der Waals surface area contributed by atoms with Gasteiger partial charge in [-0.3, -0.25) is 19.6 Å². The Bertz CT molecular complexity index is 1210. The zero-order valence-electron chi connectivity index (χ0n) is 20.8. The van der Waals surface area contributed by atoms with Crippen LogP contribution >= 0.6 is 0 Å². The summed E-state index contributed by atoms with van der Waals surface area (Å²) in [5.41, 5.74) is 11.5. The smallest absolute Gasteiger partial charge is 0.337 e. The lowest BCUT2D eigenvalue weighted by molar-refractivity contribution is -0.138. The van der Waals surface area contributed by atoms with Crippen molar-refractivity contribution in [3.05, 3.63) is 52.6 Å². The summed E-state index contributed by atoms with van der Waals surface area (Å²) in [5.74, 6) is 0.947. The summed E-state index contributed by atoms with van der Waals surface area (Å²) in [6.07, 6.45) is 1.57. The number of rotatable bonds is 6. The number of aromatic nitrogens is 2. The van der Waals surface area contributed by atoms with Gasteiger partial charge in [-0.1, -0.05) is 12.1 Å². The standard InChI is InChI=1S/C25H33FN8O3/c1-25(28,15-26)22(35)32-8-10-33(11-9-32)23(36)29-20-6-7-34(24(37)30-20)17-4-2-16(3-5-17)12-31-13-18-19(14-31)21(18)27/h2-7,18-19,21H,8-15,27-28H2,1H3,(H,29,30,36,37)/t18?,19?,21?,25-/m0/s1. The predicted molar refractivity (Wildman–Crippen MR) is 136 cm³/mol.